The van der Waals surface area contributed by atoms with E-state index < -0.39 is 6.04 Å². The van der Waals surface area contributed by atoms with Crippen molar-refractivity contribution in [3.63, 3.8) is 0 Å². The largest absolute Gasteiger partial charge is 0.482 e. The Balaban J connectivity index is 1.90. The molecule has 0 aliphatic carbocycles. The number of hydrogen-bond donors (Lipinski definition) is 1. The van der Waals surface area contributed by atoms with E-state index in [-0.39, 0.29) is 31.0 Å². The van der Waals surface area contributed by atoms with E-state index in [0.717, 1.165) is 22.0 Å². The fourth-order valence-corrected chi connectivity index (χ4v) is 4.32. The van der Waals surface area contributed by atoms with Gasteiger partial charge in [-0.2, -0.15) is 0 Å². The standard InChI is InChI=1S/C28H30BrClN2O3/c1-3-20(2)31-28(34)25(16-21-10-6-4-7-11-21)32(18-22-12-8-5-9-13-22)27(33)19-35-26-15-14-23(29)17-24(26)30/h4-15,17,20,25H,3,16,18-19H2,1-2H3,(H,31,34)/t20-,25+/m1/s1. The molecule has 5 nitrogen and oxygen atoms in total. The third kappa shape index (κ3) is 8.11. The fourth-order valence-electron chi connectivity index (χ4n) is 3.59. The van der Waals surface area contributed by atoms with Crippen molar-refractivity contribution in [3.05, 3.63) is 99.5 Å². The van der Waals surface area contributed by atoms with Crippen LogP contribution in [0.1, 0.15) is 31.4 Å². The number of amides is 2. The van der Waals surface area contributed by atoms with Crippen LogP contribution in [0.3, 0.4) is 0 Å². The predicted molar refractivity (Wildman–Crippen MR) is 143 cm³/mol. The average molecular weight is 558 g/mol. The highest BCUT2D eigenvalue weighted by Gasteiger charge is 2.31. The summed E-state index contributed by atoms with van der Waals surface area (Å²) >= 11 is 9.64. The highest BCUT2D eigenvalue weighted by atomic mass is 79.9. The maximum Gasteiger partial charge on any atom is 0.261 e. The summed E-state index contributed by atoms with van der Waals surface area (Å²) in [5.74, 6) is -0.0752. The third-order valence-electron chi connectivity index (χ3n) is 5.71. The molecule has 0 fully saturated rings. The van der Waals surface area contributed by atoms with Gasteiger partial charge in [-0.25, -0.2) is 0 Å². The SMILES string of the molecule is CC[C@@H](C)NC(=O)[C@H](Cc1ccccc1)N(Cc1ccccc1)C(=O)COc1ccc(Br)cc1Cl. The number of hydrogen-bond acceptors (Lipinski definition) is 3. The molecule has 35 heavy (non-hydrogen) atoms. The normalized spacial score (nSPS) is 12.5. The Labute approximate surface area is 220 Å². The van der Waals surface area contributed by atoms with Crippen molar-refractivity contribution in [2.75, 3.05) is 6.61 Å². The topological polar surface area (TPSA) is 58.6 Å². The molecule has 0 aliphatic rings. The van der Waals surface area contributed by atoms with Crippen molar-refractivity contribution in [3.8, 4) is 5.75 Å². The Hall–Kier alpha value is -2.83. The molecule has 3 aromatic rings. The van der Waals surface area contributed by atoms with Crippen molar-refractivity contribution in [1.82, 2.24) is 10.2 Å². The quantitative estimate of drug-likeness (QED) is 0.313. The van der Waals surface area contributed by atoms with Gasteiger partial charge < -0.3 is 15.0 Å². The summed E-state index contributed by atoms with van der Waals surface area (Å²) in [7, 11) is 0. The van der Waals surface area contributed by atoms with E-state index in [0.29, 0.717) is 17.2 Å². The lowest BCUT2D eigenvalue weighted by atomic mass is 10.0. The molecule has 0 spiro atoms. The zero-order valence-corrected chi connectivity index (χ0v) is 22.3. The molecule has 3 rings (SSSR count). The first kappa shape index (κ1) is 26.8. The summed E-state index contributed by atoms with van der Waals surface area (Å²) < 4.78 is 6.60. The number of rotatable bonds is 11. The first-order valence-electron chi connectivity index (χ1n) is 11.6. The maximum atomic E-state index is 13.6. The molecular weight excluding hydrogens is 528 g/mol. The zero-order chi connectivity index (χ0) is 25.2. The average Bonchev–Trinajstić information content (AvgIpc) is 2.86. The first-order valence-corrected chi connectivity index (χ1v) is 12.8. The predicted octanol–water partition coefficient (Wildman–Crippen LogP) is 6.04. The van der Waals surface area contributed by atoms with Crippen LogP contribution in [0, 0.1) is 0 Å². The number of carbonyl (C=O) groups is 2. The maximum absolute atomic E-state index is 13.6. The van der Waals surface area contributed by atoms with Gasteiger partial charge in [-0.05, 0) is 42.7 Å². The molecule has 0 saturated heterocycles. The van der Waals surface area contributed by atoms with Gasteiger partial charge in [-0.15, -0.1) is 0 Å². The summed E-state index contributed by atoms with van der Waals surface area (Å²) in [5.41, 5.74) is 1.90. The molecule has 3 aromatic carbocycles. The van der Waals surface area contributed by atoms with E-state index in [4.69, 9.17) is 16.3 Å². The van der Waals surface area contributed by atoms with Gasteiger partial charge in [0.2, 0.25) is 5.91 Å². The fraction of sp³-hybridized carbons (Fsp3) is 0.286. The minimum atomic E-state index is -0.705. The summed E-state index contributed by atoms with van der Waals surface area (Å²) in [5, 5.41) is 3.46. The Kier molecular flexibility index (Phi) is 10.2. The Morgan fingerprint density at radius 1 is 1.00 bits per heavy atom. The van der Waals surface area contributed by atoms with E-state index in [2.05, 4.69) is 21.2 Å². The van der Waals surface area contributed by atoms with Gasteiger partial charge in [0.15, 0.2) is 6.61 Å². The van der Waals surface area contributed by atoms with Crippen LogP contribution in [0.5, 0.6) is 5.75 Å². The minimum absolute atomic E-state index is 0.00715. The van der Waals surface area contributed by atoms with Gasteiger partial charge in [0, 0.05) is 23.5 Å². The van der Waals surface area contributed by atoms with Crippen LogP contribution in [0.15, 0.2) is 83.3 Å². The van der Waals surface area contributed by atoms with Crippen molar-refractivity contribution in [2.24, 2.45) is 0 Å². The van der Waals surface area contributed by atoms with Crippen LogP contribution in [-0.4, -0.2) is 35.4 Å². The summed E-state index contributed by atoms with van der Waals surface area (Å²) in [6, 6.07) is 23.9. The van der Waals surface area contributed by atoms with Crippen LogP contribution in [-0.2, 0) is 22.6 Å². The molecule has 2 atom stereocenters. The first-order chi connectivity index (χ1) is 16.9. The van der Waals surface area contributed by atoms with Crippen LogP contribution in [0.2, 0.25) is 5.02 Å². The molecule has 0 bridgehead atoms. The van der Waals surface area contributed by atoms with Gasteiger partial charge >= 0.3 is 0 Å². The van der Waals surface area contributed by atoms with Gasteiger partial charge in [0.05, 0.1) is 5.02 Å². The van der Waals surface area contributed by atoms with Gasteiger partial charge in [0.25, 0.3) is 5.91 Å². The number of ether oxygens (including phenoxy) is 1. The summed E-state index contributed by atoms with van der Waals surface area (Å²) in [6.45, 7) is 4.01. The molecule has 7 heteroatoms. The van der Waals surface area contributed by atoms with Gasteiger partial charge in [-0.3, -0.25) is 9.59 Å². The van der Waals surface area contributed by atoms with Gasteiger partial charge in [0.1, 0.15) is 11.8 Å². The smallest absolute Gasteiger partial charge is 0.261 e. The van der Waals surface area contributed by atoms with Gasteiger partial charge in [-0.1, -0.05) is 95.1 Å². The lowest BCUT2D eigenvalue weighted by molar-refractivity contribution is -0.143. The van der Waals surface area contributed by atoms with Crippen molar-refractivity contribution < 1.29 is 14.3 Å². The summed E-state index contributed by atoms with van der Waals surface area (Å²) in [6.07, 6.45) is 1.18. The van der Waals surface area contributed by atoms with E-state index in [1.54, 1.807) is 23.1 Å². The Morgan fingerprint density at radius 3 is 2.23 bits per heavy atom. The van der Waals surface area contributed by atoms with Crippen LogP contribution in [0.25, 0.3) is 0 Å². The molecule has 184 valence electrons. The number of nitrogens with one attached hydrogen (secondary N) is 1. The zero-order valence-electron chi connectivity index (χ0n) is 19.9. The van der Waals surface area contributed by atoms with E-state index in [9.17, 15) is 9.59 Å². The van der Waals surface area contributed by atoms with E-state index in [1.807, 2.05) is 74.5 Å². The number of benzene rings is 3. The highest BCUT2D eigenvalue weighted by molar-refractivity contribution is 9.10. The Morgan fingerprint density at radius 2 is 1.63 bits per heavy atom. The second-order valence-corrected chi connectivity index (χ2v) is 9.72. The van der Waals surface area contributed by atoms with Crippen molar-refractivity contribution >= 4 is 39.3 Å². The molecule has 1 N–H and O–H groups in total. The molecule has 0 saturated carbocycles. The molecule has 0 heterocycles. The number of halogens is 2. The second kappa shape index (κ2) is 13.3. The molecule has 0 radical (unpaired) electrons. The van der Waals surface area contributed by atoms with Crippen LogP contribution >= 0.6 is 27.5 Å². The number of carbonyl (C=O) groups excluding carboxylic acids is 2. The molecular formula is C28H30BrClN2O3. The third-order valence-corrected chi connectivity index (χ3v) is 6.50. The molecule has 0 aromatic heterocycles. The summed E-state index contributed by atoms with van der Waals surface area (Å²) in [4.78, 5) is 28.6. The highest BCUT2D eigenvalue weighted by Crippen LogP contribution is 2.28. The lowest BCUT2D eigenvalue weighted by Crippen LogP contribution is -2.53. The molecule has 2 amide bonds. The van der Waals surface area contributed by atoms with Crippen molar-refractivity contribution in [1.29, 1.82) is 0 Å². The van der Waals surface area contributed by atoms with E-state index in [1.165, 1.54) is 0 Å². The monoisotopic (exact) mass is 556 g/mol. The van der Waals surface area contributed by atoms with Crippen LogP contribution in [0.4, 0.5) is 0 Å². The van der Waals surface area contributed by atoms with E-state index >= 15 is 0 Å². The lowest BCUT2D eigenvalue weighted by Gasteiger charge is -2.32. The molecule has 0 aliphatic heterocycles. The van der Waals surface area contributed by atoms with Crippen LogP contribution < -0.4 is 10.1 Å². The van der Waals surface area contributed by atoms with Crippen molar-refractivity contribution in [2.45, 2.75) is 45.3 Å². The minimum Gasteiger partial charge on any atom is -0.482 e. The molecule has 0 unspecified atom stereocenters. The Bertz CT molecular complexity index is 1110. The second-order valence-electron chi connectivity index (χ2n) is 8.39. The number of nitrogens with zero attached hydrogens (tertiary/aromatic N) is 1.